The fourth-order valence-corrected chi connectivity index (χ4v) is 2.09. The fraction of sp³-hybridized carbons (Fsp3) is 0.636. The Hall–Kier alpha value is -0.340. The summed E-state index contributed by atoms with van der Waals surface area (Å²) in [6.45, 7) is 4.19. The average Bonchev–Trinajstić information content (AvgIpc) is 2.48. The lowest BCUT2D eigenvalue weighted by Gasteiger charge is -2.17. The van der Waals surface area contributed by atoms with Gasteiger partial charge in [0.25, 0.3) is 0 Å². The van der Waals surface area contributed by atoms with Crippen molar-refractivity contribution in [2.24, 2.45) is 5.73 Å². The quantitative estimate of drug-likeness (QED) is 0.721. The minimum atomic E-state index is 0.00937. The Morgan fingerprint density at radius 3 is 2.69 bits per heavy atom. The largest absolute Gasteiger partial charge is 0.326 e. The summed E-state index contributed by atoms with van der Waals surface area (Å²) in [5.74, 6) is 0. The Morgan fingerprint density at radius 2 is 2.15 bits per heavy atom. The molecule has 13 heavy (non-hydrogen) atoms. The van der Waals surface area contributed by atoms with Gasteiger partial charge in [-0.1, -0.05) is 12.5 Å². The van der Waals surface area contributed by atoms with Gasteiger partial charge < -0.3 is 5.73 Å². The molecule has 0 saturated heterocycles. The number of hydrogen-bond donors (Lipinski definition) is 1. The molecule has 0 radical (unpaired) electrons. The third-order valence-electron chi connectivity index (χ3n) is 2.07. The van der Waals surface area contributed by atoms with Crippen LogP contribution in [-0.2, 0) is 6.42 Å². The van der Waals surface area contributed by atoms with Crippen LogP contribution >= 0.6 is 11.3 Å². The van der Waals surface area contributed by atoms with Gasteiger partial charge in [0, 0.05) is 10.4 Å². The molecule has 0 aliphatic rings. The first-order chi connectivity index (χ1) is 6.08. The van der Waals surface area contributed by atoms with E-state index in [0.29, 0.717) is 0 Å². The molecule has 0 atom stereocenters. The summed E-state index contributed by atoms with van der Waals surface area (Å²) >= 11 is 1.85. The molecule has 0 bridgehead atoms. The highest BCUT2D eigenvalue weighted by molar-refractivity contribution is 7.09. The van der Waals surface area contributed by atoms with Gasteiger partial charge in [0.1, 0.15) is 0 Å². The predicted octanol–water partition coefficient (Wildman–Crippen LogP) is 3.20. The van der Waals surface area contributed by atoms with Gasteiger partial charge in [-0.25, -0.2) is 0 Å². The van der Waals surface area contributed by atoms with E-state index < -0.39 is 0 Å². The summed E-state index contributed by atoms with van der Waals surface area (Å²) in [7, 11) is 0. The van der Waals surface area contributed by atoms with E-state index in [1.54, 1.807) is 0 Å². The summed E-state index contributed by atoms with van der Waals surface area (Å²) in [5.41, 5.74) is 5.91. The molecule has 0 fully saturated rings. The summed E-state index contributed by atoms with van der Waals surface area (Å²) in [6.07, 6.45) is 4.84. The molecule has 0 aromatic carbocycles. The monoisotopic (exact) mass is 197 g/mol. The highest BCUT2D eigenvalue weighted by atomic mass is 32.1. The zero-order valence-corrected chi connectivity index (χ0v) is 9.36. The van der Waals surface area contributed by atoms with E-state index >= 15 is 0 Å². The molecule has 1 nitrogen and oxygen atoms in total. The molecule has 0 spiro atoms. The van der Waals surface area contributed by atoms with Crippen LogP contribution < -0.4 is 5.73 Å². The first-order valence-electron chi connectivity index (χ1n) is 4.89. The second kappa shape index (κ2) is 4.77. The molecule has 1 rings (SSSR count). The topological polar surface area (TPSA) is 26.0 Å². The SMILES string of the molecule is CC(C)(N)CCCCc1cccs1. The van der Waals surface area contributed by atoms with Crippen LogP contribution in [0.4, 0.5) is 0 Å². The second-order valence-corrected chi connectivity index (χ2v) is 5.31. The van der Waals surface area contributed by atoms with Crippen LogP contribution in [0.2, 0.25) is 0 Å². The third-order valence-corrected chi connectivity index (χ3v) is 3.01. The number of nitrogens with two attached hydrogens (primary N) is 1. The molecule has 0 aliphatic heterocycles. The highest BCUT2D eigenvalue weighted by Crippen LogP contribution is 2.15. The van der Waals surface area contributed by atoms with Crippen LogP contribution in [0.3, 0.4) is 0 Å². The van der Waals surface area contributed by atoms with Gasteiger partial charge in [-0.15, -0.1) is 11.3 Å². The van der Waals surface area contributed by atoms with Crippen LogP contribution in [0.25, 0.3) is 0 Å². The molecule has 2 N–H and O–H groups in total. The molecule has 0 amide bonds. The predicted molar refractivity (Wildman–Crippen MR) is 60.1 cm³/mol. The smallest absolute Gasteiger partial charge is 0.00970 e. The average molecular weight is 197 g/mol. The highest BCUT2D eigenvalue weighted by Gasteiger charge is 2.09. The molecular formula is C11H19NS. The van der Waals surface area contributed by atoms with Crippen LogP contribution in [0.5, 0.6) is 0 Å². The van der Waals surface area contributed by atoms with Crippen LogP contribution in [0.1, 0.15) is 38.0 Å². The first kappa shape index (κ1) is 10.7. The zero-order valence-electron chi connectivity index (χ0n) is 8.55. The van der Waals surface area contributed by atoms with Crippen LogP contribution in [0.15, 0.2) is 17.5 Å². The van der Waals surface area contributed by atoms with Crippen molar-refractivity contribution >= 4 is 11.3 Å². The maximum absolute atomic E-state index is 5.90. The van der Waals surface area contributed by atoms with Crippen molar-refractivity contribution in [1.82, 2.24) is 0 Å². The minimum absolute atomic E-state index is 0.00937. The number of unbranched alkanes of at least 4 members (excludes halogenated alkanes) is 1. The maximum Gasteiger partial charge on any atom is 0.00970 e. The number of hydrogen-bond acceptors (Lipinski definition) is 2. The Balaban J connectivity index is 2.09. The Labute approximate surface area is 85.0 Å². The lowest BCUT2D eigenvalue weighted by atomic mass is 9.98. The molecule has 0 aliphatic carbocycles. The zero-order chi connectivity index (χ0) is 9.73. The molecular weight excluding hydrogens is 178 g/mol. The van der Waals surface area contributed by atoms with Gasteiger partial charge in [-0.05, 0) is 44.6 Å². The minimum Gasteiger partial charge on any atom is -0.326 e. The normalized spacial score (nSPS) is 11.9. The molecule has 1 heterocycles. The van der Waals surface area contributed by atoms with E-state index in [0.717, 1.165) is 6.42 Å². The van der Waals surface area contributed by atoms with E-state index in [4.69, 9.17) is 5.73 Å². The van der Waals surface area contributed by atoms with Gasteiger partial charge in [0.05, 0.1) is 0 Å². The van der Waals surface area contributed by atoms with Crippen molar-refractivity contribution in [3.8, 4) is 0 Å². The maximum atomic E-state index is 5.90. The van der Waals surface area contributed by atoms with Crippen LogP contribution in [0, 0.1) is 0 Å². The van der Waals surface area contributed by atoms with E-state index in [2.05, 4.69) is 31.4 Å². The molecule has 0 saturated carbocycles. The van der Waals surface area contributed by atoms with Gasteiger partial charge in [-0.3, -0.25) is 0 Å². The first-order valence-corrected chi connectivity index (χ1v) is 5.77. The Morgan fingerprint density at radius 1 is 1.38 bits per heavy atom. The van der Waals surface area contributed by atoms with Gasteiger partial charge in [0.2, 0.25) is 0 Å². The van der Waals surface area contributed by atoms with Gasteiger partial charge in [0.15, 0.2) is 0 Å². The lowest BCUT2D eigenvalue weighted by molar-refractivity contribution is 0.451. The summed E-state index contributed by atoms with van der Waals surface area (Å²) in [6, 6.07) is 4.32. The lowest BCUT2D eigenvalue weighted by Crippen LogP contribution is -2.31. The number of rotatable bonds is 5. The van der Waals surface area contributed by atoms with E-state index in [-0.39, 0.29) is 5.54 Å². The van der Waals surface area contributed by atoms with Gasteiger partial charge in [-0.2, -0.15) is 0 Å². The van der Waals surface area contributed by atoms with E-state index in [1.165, 1.54) is 24.1 Å². The molecule has 1 aromatic rings. The summed E-state index contributed by atoms with van der Waals surface area (Å²) < 4.78 is 0. The van der Waals surface area contributed by atoms with Crippen LogP contribution in [-0.4, -0.2) is 5.54 Å². The Bertz CT molecular complexity index is 221. The van der Waals surface area contributed by atoms with Crippen molar-refractivity contribution in [1.29, 1.82) is 0 Å². The second-order valence-electron chi connectivity index (χ2n) is 4.28. The summed E-state index contributed by atoms with van der Waals surface area (Å²) in [4.78, 5) is 1.50. The standard InChI is InChI=1S/C11H19NS/c1-11(2,12)8-4-3-6-10-7-5-9-13-10/h5,7,9H,3-4,6,8,12H2,1-2H3. The van der Waals surface area contributed by atoms with Crippen molar-refractivity contribution in [3.05, 3.63) is 22.4 Å². The molecule has 0 unspecified atom stereocenters. The van der Waals surface area contributed by atoms with Gasteiger partial charge >= 0.3 is 0 Å². The molecule has 74 valence electrons. The van der Waals surface area contributed by atoms with Crippen molar-refractivity contribution < 1.29 is 0 Å². The fourth-order valence-electron chi connectivity index (χ4n) is 1.33. The van der Waals surface area contributed by atoms with E-state index in [9.17, 15) is 0 Å². The van der Waals surface area contributed by atoms with Crippen molar-refractivity contribution in [2.75, 3.05) is 0 Å². The molecule has 1 aromatic heterocycles. The Kier molecular flexibility index (Phi) is 3.94. The van der Waals surface area contributed by atoms with Crippen molar-refractivity contribution in [3.63, 3.8) is 0 Å². The van der Waals surface area contributed by atoms with Crippen molar-refractivity contribution in [2.45, 2.75) is 45.1 Å². The number of aryl methyl sites for hydroxylation is 1. The summed E-state index contributed by atoms with van der Waals surface area (Å²) in [5, 5.41) is 2.14. The van der Waals surface area contributed by atoms with E-state index in [1.807, 2.05) is 11.3 Å². The third kappa shape index (κ3) is 5.06. The number of thiophene rings is 1. The molecule has 2 heteroatoms.